The summed E-state index contributed by atoms with van der Waals surface area (Å²) < 4.78 is 27.7. The first-order chi connectivity index (χ1) is 13.6. The minimum absolute atomic E-state index is 0.0472. The Hall–Kier alpha value is -3.42. The molecule has 7 nitrogen and oxygen atoms in total. The molecule has 0 spiro atoms. The van der Waals surface area contributed by atoms with Gasteiger partial charge in [0, 0.05) is 22.2 Å². The lowest BCUT2D eigenvalue weighted by Gasteiger charge is -2.15. The maximum absolute atomic E-state index is 14.9. The maximum atomic E-state index is 14.9. The van der Waals surface area contributed by atoms with Gasteiger partial charge in [0.2, 0.25) is 5.88 Å². The lowest BCUT2D eigenvalue weighted by molar-refractivity contribution is -0.143. The molecule has 1 aromatic carbocycles. The second kappa shape index (κ2) is 6.58. The van der Waals surface area contributed by atoms with Crippen molar-refractivity contribution in [1.82, 2.24) is 19.6 Å². The summed E-state index contributed by atoms with van der Waals surface area (Å²) in [4.78, 5) is 19.5. The first kappa shape index (κ1) is 18.9. The van der Waals surface area contributed by atoms with E-state index in [-0.39, 0.29) is 17.6 Å². The number of fused-ring (bicyclic) bond motifs is 2. The normalized spacial score (nSPS) is 11.9. The van der Waals surface area contributed by atoms with Crippen LogP contribution in [0.2, 0.25) is 0 Å². The van der Waals surface area contributed by atoms with Gasteiger partial charge >= 0.3 is 5.97 Å². The van der Waals surface area contributed by atoms with Gasteiger partial charge in [-0.15, -0.1) is 0 Å². The Morgan fingerprint density at radius 3 is 2.72 bits per heavy atom. The van der Waals surface area contributed by atoms with E-state index in [2.05, 4.69) is 15.1 Å². The Morgan fingerprint density at radius 1 is 1.24 bits per heavy atom. The second-order valence-corrected chi connectivity index (χ2v) is 8.01. The molecule has 0 unspecified atom stereocenters. The van der Waals surface area contributed by atoms with Crippen molar-refractivity contribution in [2.45, 2.75) is 34.6 Å². The molecule has 29 heavy (non-hydrogen) atoms. The Bertz CT molecular complexity index is 1250. The predicted octanol–water partition coefficient (Wildman–Crippen LogP) is 4.71. The molecular weight excluding hydrogens is 377 g/mol. The van der Waals surface area contributed by atoms with Crippen molar-refractivity contribution in [2.24, 2.45) is 5.41 Å². The van der Waals surface area contributed by atoms with Crippen LogP contribution in [0.15, 0.2) is 30.7 Å². The molecule has 0 bridgehead atoms. The van der Waals surface area contributed by atoms with E-state index < -0.39 is 11.2 Å². The number of hydrogen-bond donors (Lipinski definition) is 1. The number of benzene rings is 1. The smallest absolute Gasteiger partial charge is 0.316 e. The lowest BCUT2D eigenvalue weighted by atomic mass is 9.97. The number of ether oxygens (including phenoxy) is 2. The molecule has 0 saturated carbocycles. The fraction of sp³-hybridized carbons (Fsp3) is 0.286. The number of aromatic amines is 1. The predicted molar refractivity (Wildman–Crippen MR) is 106 cm³/mol. The van der Waals surface area contributed by atoms with Gasteiger partial charge in [-0.25, -0.2) is 8.91 Å². The molecule has 8 heteroatoms. The minimum atomic E-state index is -0.654. The Morgan fingerprint density at radius 2 is 2.00 bits per heavy atom. The summed E-state index contributed by atoms with van der Waals surface area (Å²) in [6.45, 7) is 8.95. The molecule has 0 aliphatic rings. The average molecular weight is 398 g/mol. The van der Waals surface area contributed by atoms with Gasteiger partial charge in [-0.3, -0.25) is 4.79 Å². The van der Waals surface area contributed by atoms with Gasteiger partial charge in [0.1, 0.15) is 11.8 Å². The van der Waals surface area contributed by atoms with Crippen molar-refractivity contribution in [2.75, 3.05) is 0 Å². The Kier molecular flexibility index (Phi) is 4.29. The van der Waals surface area contributed by atoms with E-state index in [9.17, 15) is 9.18 Å². The number of carbonyl (C=O) groups excluding carboxylic acids is 1. The van der Waals surface area contributed by atoms with Crippen molar-refractivity contribution >= 4 is 22.4 Å². The van der Waals surface area contributed by atoms with E-state index in [0.29, 0.717) is 27.7 Å². The largest absolute Gasteiger partial charge is 0.434 e. The van der Waals surface area contributed by atoms with E-state index in [1.165, 1.54) is 10.8 Å². The SMILES string of the molecule is Cc1cc2c(F)c(Oc3n[14cH]nn4cc(OC(=O)C(C)(C)C)c(C)c34)ccc2[nH]1. The average Bonchev–Trinajstić information content (AvgIpc) is 3.18. The third-order valence-electron chi connectivity index (χ3n) is 4.61. The van der Waals surface area contributed by atoms with E-state index in [1.54, 1.807) is 52.1 Å². The number of carbonyl (C=O) groups is 1. The Balaban J connectivity index is 1.75. The second-order valence-electron chi connectivity index (χ2n) is 8.01. The molecule has 3 aromatic heterocycles. The number of hydrogen-bond acceptors (Lipinski definition) is 5. The van der Waals surface area contributed by atoms with Crippen LogP contribution in [0.4, 0.5) is 4.39 Å². The molecule has 0 atom stereocenters. The molecule has 4 aromatic rings. The zero-order valence-corrected chi connectivity index (χ0v) is 16.8. The van der Waals surface area contributed by atoms with Crippen molar-refractivity contribution in [3.8, 4) is 17.4 Å². The summed E-state index contributed by atoms with van der Waals surface area (Å²) in [5.41, 5.74) is 2.01. The third-order valence-corrected chi connectivity index (χ3v) is 4.61. The van der Waals surface area contributed by atoms with Gasteiger partial charge < -0.3 is 14.5 Å². The van der Waals surface area contributed by atoms with Gasteiger partial charge in [0.15, 0.2) is 17.3 Å². The monoisotopic (exact) mass is 398 g/mol. The minimum Gasteiger partial charge on any atom is -0.434 e. The zero-order chi connectivity index (χ0) is 20.9. The van der Waals surface area contributed by atoms with E-state index in [0.717, 1.165) is 5.69 Å². The van der Waals surface area contributed by atoms with Crippen LogP contribution >= 0.6 is 0 Å². The first-order valence-corrected chi connectivity index (χ1v) is 9.16. The van der Waals surface area contributed by atoms with Crippen LogP contribution < -0.4 is 9.47 Å². The molecule has 4 rings (SSSR count). The van der Waals surface area contributed by atoms with Crippen LogP contribution in [-0.2, 0) is 4.79 Å². The quantitative estimate of drug-likeness (QED) is 0.506. The number of aromatic nitrogens is 4. The van der Waals surface area contributed by atoms with Crippen LogP contribution in [0.1, 0.15) is 32.0 Å². The molecule has 0 aliphatic heterocycles. The number of nitrogens with zero attached hydrogens (tertiary/aromatic N) is 3. The summed E-state index contributed by atoms with van der Waals surface area (Å²) in [6, 6.07) is 5.02. The van der Waals surface area contributed by atoms with Gasteiger partial charge in [0.25, 0.3) is 0 Å². The highest BCUT2D eigenvalue weighted by Crippen LogP contribution is 2.35. The van der Waals surface area contributed by atoms with Crippen LogP contribution in [0.5, 0.6) is 17.4 Å². The molecule has 0 radical (unpaired) electrons. The summed E-state index contributed by atoms with van der Waals surface area (Å²) in [7, 11) is 0. The fourth-order valence-corrected chi connectivity index (χ4v) is 3.01. The number of H-pyrrole nitrogens is 1. The van der Waals surface area contributed by atoms with Crippen LogP contribution in [0, 0.1) is 25.1 Å². The van der Waals surface area contributed by atoms with Crippen molar-refractivity contribution in [3.63, 3.8) is 0 Å². The summed E-state index contributed by atoms with van der Waals surface area (Å²) in [5.74, 6) is -0.280. The molecule has 0 saturated heterocycles. The van der Waals surface area contributed by atoms with Crippen LogP contribution in [0.3, 0.4) is 0 Å². The molecule has 150 valence electrons. The number of aryl methyl sites for hydroxylation is 2. The summed E-state index contributed by atoms with van der Waals surface area (Å²) in [5, 5.41) is 4.59. The van der Waals surface area contributed by atoms with Crippen molar-refractivity contribution in [3.05, 3.63) is 47.8 Å². The molecule has 0 amide bonds. The lowest BCUT2D eigenvalue weighted by Crippen LogP contribution is -2.25. The zero-order valence-electron chi connectivity index (χ0n) is 16.8. The number of esters is 1. The van der Waals surface area contributed by atoms with E-state index in [1.807, 2.05) is 6.92 Å². The van der Waals surface area contributed by atoms with Gasteiger partial charge in [-0.05, 0) is 52.8 Å². The standard InChI is InChI=1S/C21H21FN4O3/c1-11-8-13-14(25-11)6-7-15(17(13)22)28-19-18-12(2)16(9-26(18)24-10-23-19)29-20(27)21(3,4)5/h6-10,25H,1-5H3/i10+2. The highest BCUT2D eigenvalue weighted by molar-refractivity contribution is 5.83. The number of nitrogens with one attached hydrogen (secondary N) is 1. The topological polar surface area (TPSA) is 81.5 Å². The maximum Gasteiger partial charge on any atom is 0.316 e. The highest BCUT2D eigenvalue weighted by atomic mass is 19.1. The van der Waals surface area contributed by atoms with Gasteiger partial charge in [-0.2, -0.15) is 10.1 Å². The number of halogens is 1. The van der Waals surface area contributed by atoms with E-state index >= 15 is 0 Å². The Labute approximate surface area is 166 Å². The van der Waals surface area contributed by atoms with Crippen molar-refractivity contribution < 1.29 is 18.7 Å². The molecular formula is C21H21FN4O3. The van der Waals surface area contributed by atoms with Crippen molar-refractivity contribution in [1.29, 1.82) is 0 Å². The van der Waals surface area contributed by atoms with Gasteiger partial charge in [-0.1, -0.05) is 0 Å². The summed E-state index contributed by atoms with van der Waals surface area (Å²) >= 11 is 0. The molecule has 0 aliphatic carbocycles. The molecule has 3 heterocycles. The highest BCUT2D eigenvalue weighted by Gasteiger charge is 2.26. The van der Waals surface area contributed by atoms with E-state index in [4.69, 9.17) is 9.47 Å². The van der Waals surface area contributed by atoms with Crippen LogP contribution in [0.25, 0.3) is 16.4 Å². The molecule has 1 N–H and O–H groups in total. The third kappa shape index (κ3) is 3.30. The first-order valence-electron chi connectivity index (χ1n) is 9.16. The fourth-order valence-electron chi connectivity index (χ4n) is 3.01. The summed E-state index contributed by atoms with van der Waals surface area (Å²) in [6.07, 6.45) is 2.88. The van der Waals surface area contributed by atoms with Gasteiger partial charge in [0.05, 0.1) is 11.6 Å². The van der Waals surface area contributed by atoms with Crippen LogP contribution in [-0.4, -0.2) is 25.6 Å². The number of rotatable bonds is 3. The molecule has 0 fully saturated rings.